The van der Waals surface area contributed by atoms with Gasteiger partial charge in [0.05, 0.1) is 12.7 Å². The number of ether oxygens (including phenoxy) is 1. The molecular weight excluding hydrogens is 341 g/mol. The Morgan fingerprint density at radius 1 is 1.12 bits per heavy atom. The molecule has 3 rings (SSSR count). The number of benzene rings is 2. The number of aliphatic hydroxyl groups is 1. The van der Waals surface area contributed by atoms with E-state index in [1.54, 1.807) is 12.1 Å². The van der Waals surface area contributed by atoms with Gasteiger partial charge in [-0.2, -0.15) is 0 Å². The second-order valence-electron chi connectivity index (χ2n) is 6.37. The highest BCUT2D eigenvalue weighted by molar-refractivity contribution is 5.85. The fourth-order valence-corrected chi connectivity index (χ4v) is 3.14. The van der Waals surface area contributed by atoms with Crippen LogP contribution >= 0.6 is 12.4 Å². The molecular formula is C20H25ClFNO2. The number of hydrogen-bond acceptors (Lipinski definition) is 3. The van der Waals surface area contributed by atoms with Crippen LogP contribution in [-0.2, 0) is 12.8 Å². The van der Waals surface area contributed by atoms with E-state index in [4.69, 9.17) is 4.74 Å². The Kier molecular flexibility index (Phi) is 7.69. The summed E-state index contributed by atoms with van der Waals surface area (Å²) >= 11 is 0. The fourth-order valence-electron chi connectivity index (χ4n) is 3.14. The van der Waals surface area contributed by atoms with Crippen LogP contribution in [0.5, 0.6) is 5.75 Å². The van der Waals surface area contributed by atoms with Crippen molar-refractivity contribution in [3.05, 3.63) is 65.5 Å². The summed E-state index contributed by atoms with van der Waals surface area (Å²) in [5, 5.41) is 12.8. The number of aliphatic hydroxyl groups excluding tert-OH is 1. The smallest absolute Gasteiger partial charge is 0.123 e. The molecule has 0 aliphatic carbocycles. The molecule has 1 aliphatic heterocycles. The first-order valence-electron chi connectivity index (χ1n) is 8.57. The molecule has 0 saturated carbocycles. The van der Waals surface area contributed by atoms with Gasteiger partial charge in [-0.1, -0.05) is 30.3 Å². The third-order valence-electron chi connectivity index (χ3n) is 4.47. The Bertz CT molecular complexity index is 653. The molecule has 3 nitrogen and oxygen atoms in total. The molecule has 136 valence electrons. The summed E-state index contributed by atoms with van der Waals surface area (Å²) in [6.07, 6.45) is 2.97. The van der Waals surface area contributed by atoms with Crippen molar-refractivity contribution in [3.63, 3.8) is 0 Å². The molecule has 0 aromatic heterocycles. The Labute approximate surface area is 154 Å². The van der Waals surface area contributed by atoms with Gasteiger partial charge in [-0.25, -0.2) is 4.39 Å². The number of halogens is 2. The first-order valence-corrected chi connectivity index (χ1v) is 8.57. The lowest BCUT2D eigenvalue weighted by Crippen LogP contribution is -2.23. The molecule has 1 heterocycles. The lowest BCUT2D eigenvalue weighted by molar-refractivity contribution is 0.191. The van der Waals surface area contributed by atoms with Crippen molar-refractivity contribution in [1.29, 1.82) is 0 Å². The van der Waals surface area contributed by atoms with Crippen LogP contribution in [-0.4, -0.2) is 30.4 Å². The Morgan fingerprint density at radius 2 is 1.92 bits per heavy atom. The molecule has 0 unspecified atom stereocenters. The van der Waals surface area contributed by atoms with E-state index in [1.807, 2.05) is 18.2 Å². The molecule has 2 N–H and O–H groups in total. The highest BCUT2D eigenvalue weighted by atomic mass is 35.5. The zero-order valence-electron chi connectivity index (χ0n) is 14.2. The number of aryl methyl sites for hydroxylation is 2. The van der Waals surface area contributed by atoms with Gasteiger partial charge in [0.25, 0.3) is 0 Å². The summed E-state index contributed by atoms with van der Waals surface area (Å²) in [5.41, 5.74) is 2.13. The lowest BCUT2D eigenvalue weighted by atomic mass is 10.0. The van der Waals surface area contributed by atoms with Crippen molar-refractivity contribution in [2.75, 3.05) is 13.2 Å². The summed E-state index contributed by atoms with van der Waals surface area (Å²) in [5.74, 6) is 0.525. The van der Waals surface area contributed by atoms with Gasteiger partial charge in [0, 0.05) is 12.6 Å². The predicted octanol–water partition coefficient (Wildman–Crippen LogP) is 3.52. The standard InChI is InChI=1S/C20H24FNO2.ClH/c21-17-8-9-20(24-11-10-18-13-19(23)14-22-18)16(12-17)7-6-15-4-2-1-3-5-15;/h1-5,8-9,12,18-19,22-23H,6-7,10-11,13-14H2;1H/t18-,19+;/m0./s1. The SMILES string of the molecule is Cl.O[C@H]1CN[C@@H](CCOc2ccc(F)cc2CCc2ccccc2)C1. The van der Waals surface area contributed by atoms with Gasteiger partial charge >= 0.3 is 0 Å². The molecule has 1 fully saturated rings. The predicted molar refractivity (Wildman–Crippen MR) is 100 cm³/mol. The van der Waals surface area contributed by atoms with E-state index < -0.39 is 0 Å². The third kappa shape index (κ3) is 5.99. The van der Waals surface area contributed by atoms with E-state index >= 15 is 0 Å². The van der Waals surface area contributed by atoms with Crippen LogP contribution in [0, 0.1) is 5.82 Å². The molecule has 5 heteroatoms. The molecule has 2 aromatic carbocycles. The van der Waals surface area contributed by atoms with Gasteiger partial charge in [0.15, 0.2) is 0 Å². The monoisotopic (exact) mass is 365 g/mol. The Morgan fingerprint density at radius 3 is 2.64 bits per heavy atom. The Balaban J connectivity index is 0.00000225. The summed E-state index contributed by atoms with van der Waals surface area (Å²) in [6, 6.07) is 15.2. The van der Waals surface area contributed by atoms with Crippen molar-refractivity contribution >= 4 is 12.4 Å². The highest BCUT2D eigenvalue weighted by Gasteiger charge is 2.21. The van der Waals surface area contributed by atoms with Crippen LogP contribution in [0.2, 0.25) is 0 Å². The van der Waals surface area contributed by atoms with E-state index in [2.05, 4.69) is 17.4 Å². The minimum atomic E-state index is -0.248. The lowest BCUT2D eigenvalue weighted by Gasteiger charge is -2.14. The van der Waals surface area contributed by atoms with Crippen molar-refractivity contribution < 1.29 is 14.2 Å². The maximum absolute atomic E-state index is 13.6. The maximum Gasteiger partial charge on any atom is 0.123 e. The zero-order chi connectivity index (χ0) is 16.8. The van der Waals surface area contributed by atoms with E-state index in [1.165, 1.54) is 11.6 Å². The van der Waals surface area contributed by atoms with Crippen LogP contribution in [0.25, 0.3) is 0 Å². The second kappa shape index (κ2) is 9.76. The van der Waals surface area contributed by atoms with Crippen molar-refractivity contribution in [2.24, 2.45) is 0 Å². The van der Waals surface area contributed by atoms with Gasteiger partial charge in [-0.3, -0.25) is 0 Å². The van der Waals surface area contributed by atoms with E-state index in [0.29, 0.717) is 19.2 Å². The average molecular weight is 366 g/mol. The summed E-state index contributed by atoms with van der Waals surface area (Å²) < 4.78 is 19.5. The number of hydrogen-bond donors (Lipinski definition) is 2. The molecule has 0 radical (unpaired) electrons. The molecule has 2 atom stereocenters. The second-order valence-corrected chi connectivity index (χ2v) is 6.37. The van der Waals surface area contributed by atoms with E-state index in [0.717, 1.165) is 37.0 Å². The number of β-amino-alcohol motifs (C(OH)–C–C–N with tert-alkyl or cyclic N) is 1. The van der Waals surface area contributed by atoms with Gasteiger partial charge < -0.3 is 15.2 Å². The van der Waals surface area contributed by atoms with Crippen LogP contribution in [0.15, 0.2) is 48.5 Å². The molecule has 25 heavy (non-hydrogen) atoms. The van der Waals surface area contributed by atoms with E-state index in [-0.39, 0.29) is 24.3 Å². The van der Waals surface area contributed by atoms with Crippen LogP contribution < -0.4 is 10.1 Å². The van der Waals surface area contributed by atoms with E-state index in [9.17, 15) is 9.50 Å². The van der Waals surface area contributed by atoms with Crippen LogP contribution in [0.1, 0.15) is 24.0 Å². The first-order chi connectivity index (χ1) is 11.7. The van der Waals surface area contributed by atoms with Crippen molar-refractivity contribution in [2.45, 2.75) is 37.8 Å². The molecule has 0 bridgehead atoms. The van der Waals surface area contributed by atoms with Gasteiger partial charge in [-0.05, 0) is 55.0 Å². The molecule has 1 aliphatic rings. The molecule has 2 aromatic rings. The number of nitrogens with one attached hydrogen (secondary N) is 1. The summed E-state index contributed by atoms with van der Waals surface area (Å²) in [6.45, 7) is 1.22. The Hall–Kier alpha value is -1.62. The zero-order valence-corrected chi connectivity index (χ0v) is 15.0. The van der Waals surface area contributed by atoms with Crippen molar-refractivity contribution in [1.82, 2.24) is 5.32 Å². The van der Waals surface area contributed by atoms with Crippen molar-refractivity contribution in [3.8, 4) is 5.75 Å². The maximum atomic E-state index is 13.6. The molecule has 0 amide bonds. The van der Waals surface area contributed by atoms with Gasteiger partial charge in [-0.15, -0.1) is 12.4 Å². The largest absolute Gasteiger partial charge is 0.493 e. The highest BCUT2D eigenvalue weighted by Crippen LogP contribution is 2.22. The summed E-state index contributed by atoms with van der Waals surface area (Å²) in [4.78, 5) is 0. The molecule has 0 spiro atoms. The van der Waals surface area contributed by atoms with Gasteiger partial charge in [0.2, 0.25) is 0 Å². The minimum absolute atomic E-state index is 0. The fraction of sp³-hybridized carbons (Fsp3) is 0.400. The molecule has 1 saturated heterocycles. The van der Waals surface area contributed by atoms with Crippen LogP contribution in [0.4, 0.5) is 4.39 Å². The first kappa shape index (κ1) is 19.7. The normalized spacial score (nSPS) is 19.4. The van der Waals surface area contributed by atoms with Crippen LogP contribution in [0.3, 0.4) is 0 Å². The van der Waals surface area contributed by atoms with Gasteiger partial charge in [0.1, 0.15) is 11.6 Å². The average Bonchev–Trinajstić information content (AvgIpc) is 3.01. The summed E-state index contributed by atoms with van der Waals surface area (Å²) in [7, 11) is 0. The minimum Gasteiger partial charge on any atom is -0.493 e. The third-order valence-corrected chi connectivity index (χ3v) is 4.47. The topological polar surface area (TPSA) is 41.5 Å². The number of rotatable bonds is 7. The quantitative estimate of drug-likeness (QED) is 0.788.